The van der Waals surface area contributed by atoms with Gasteiger partial charge in [0.1, 0.15) is 11.9 Å². The monoisotopic (exact) mass is 593 g/mol. The number of aromatic hydroxyl groups is 1. The van der Waals surface area contributed by atoms with E-state index in [0.717, 1.165) is 8.04 Å². The van der Waals surface area contributed by atoms with Gasteiger partial charge in [-0.3, -0.25) is 10.1 Å². The van der Waals surface area contributed by atoms with E-state index in [2.05, 4.69) is 56.5 Å². The molecular weight excluding hydrogens is 573 g/mol. The van der Waals surface area contributed by atoms with Gasteiger partial charge in [-0.05, 0) is 71.5 Å². The third-order valence-corrected chi connectivity index (χ3v) is 5.56. The maximum Gasteiger partial charge on any atom is 0.412 e. The molecule has 2 aromatic carbocycles. The molecular formula is C20H21BrINO5S. The summed E-state index contributed by atoms with van der Waals surface area (Å²) < 4.78 is 12.5. The first-order chi connectivity index (χ1) is 13.8. The minimum absolute atomic E-state index is 0.00156. The van der Waals surface area contributed by atoms with E-state index in [9.17, 15) is 14.7 Å². The highest BCUT2D eigenvalue weighted by Gasteiger charge is 2.27. The zero-order chi connectivity index (χ0) is 21.4. The molecule has 0 aliphatic rings. The molecule has 2 atom stereocenters. The zero-order valence-electron chi connectivity index (χ0n) is 15.6. The minimum atomic E-state index is -0.727. The SMILES string of the molecule is C[C@@H](CCOC(=O)CS)[C@H](OC(=O)Nc1ccc(Br)cc1)c1cc(I)ccc1O. The highest BCUT2D eigenvalue weighted by Crippen LogP contribution is 2.35. The highest BCUT2D eigenvalue weighted by atomic mass is 127. The van der Waals surface area contributed by atoms with Crippen molar-refractivity contribution in [2.75, 3.05) is 17.7 Å². The lowest BCUT2D eigenvalue weighted by molar-refractivity contribution is -0.141. The van der Waals surface area contributed by atoms with Crippen LogP contribution in [0.15, 0.2) is 46.9 Å². The molecule has 156 valence electrons. The van der Waals surface area contributed by atoms with Crippen LogP contribution in [0.3, 0.4) is 0 Å². The molecule has 0 aliphatic heterocycles. The number of hydrogen-bond donors (Lipinski definition) is 3. The summed E-state index contributed by atoms with van der Waals surface area (Å²) in [4.78, 5) is 23.8. The van der Waals surface area contributed by atoms with Gasteiger partial charge in [-0.2, -0.15) is 12.6 Å². The minimum Gasteiger partial charge on any atom is -0.508 e. The molecule has 0 saturated heterocycles. The van der Waals surface area contributed by atoms with Crippen molar-refractivity contribution in [3.63, 3.8) is 0 Å². The van der Waals surface area contributed by atoms with E-state index >= 15 is 0 Å². The number of thiol groups is 1. The van der Waals surface area contributed by atoms with E-state index in [1.54, 1.807) is 42.5 Å². The number of nitrogens with one attached hydrogen (secondary N) is 1. The molecule has 2 rings (SSSR count). The average molecular weight is 594 g/mol. The van der Waals surface area contributed by atoms with E-state index in [-0.39, 0.29) is 24.0 Å². The first-order valence-corrected chi connectivity index (χ1v) is 11.3. The molecule has 2 aromatic rings. The summed E-state index contributed by atoms with van der Waals surface area (Å²) in [6.07, 6.45) is -0.926. The Balaban J connectivity index is 2.14. The van der Waals surface area contributed by atoms with E-state index in [1.165, 1.54) is 0 Å². The number of hydrogen-bond acceptors (Lipinski definition) is 6. The Bertz CT molecular complexity index is 849. The Morgan fingerprint density at radius 3 is 2.59 bits per heavy atom. The van der Waals surface area contributed by atoms with Crippen LogP contribution in [0.4, 0.5) is 10.5 Å². The van der Waals surface area contributed by atoms with E-state index in [1.807, 2.05) is 6.92 Å². The summed E-state index contributed by atoms with van der Waals surface area (Å²) >= 11 is 9.34. The number of amides is 1. The van der Waals surface area contributed by atoms with Crippen molar-refractivity contribution < 1.29 is 24.2 Å². The van der Waals surface area contributed by atoms with Crippen molar-refractivity contribution in [3.8, 4) is 5.75 Å². The average Bonchev–Trinajstić information content (AvgIpc) is 2.69. The number of ether oxygens (including phenoxy) is 2. The third-order valence-electron chi connectivity index (χ3n) is 4.10. The summed E-state index contributed by atoms with van der Waals surface area (Å²) in [6, 6.07) is 12.2. The number of rotatable bonds is 8. The van der Waals surface area contributed by atoms with Gasteiger partial charge in [-0.15, -0.1) is 0 Å². The first-order valence-electron chi connectivity index (χ1n) is 8.78. The van der Waals surface area contributed by atoms with E-state index < -0.39 is 18.2 Å². The molecule has 6 nitrogen and oxygen atoms in total. The number of phenols is 1. The largest absolute Gasteiger partial charge is 0.508 e. The number of carbonyl (C=O) groups is 2. The summed E-state index contributed by atoms with van der Waals surface area (Å²) in [7, 11) is 0. The van der Waals surface area contributed by atoms with Crippen LogP contribution in [0.2, 0.25) is 0 Å². The Morgan fingerprint density at radius 2 is 1.93 bits per heavy atom. The topological polar surface area (TPSA) is 84.9 Å². The van der Waals surface area contributed by atoms with Crippen molar-refractivity contribution in [3.05, 3.63) is 56.1 Å². The van der Waals surface area contributed by atoms with E-state index in [4.69, 9.17) is 9.47 Å². The van der Waals surface area contributed by atoms with Crippen LogP contribution in [-0.4, -0.2) is 29.5 Å². The third kappa shape index (κ3) is 7.71. The van der Waals surface area contributed by atoms with Crippen LogP contribution in [0.1, 0.15) is 25.0 Å². The molecule has 0 spiro atoms. The summed E-state index contributed by atoms with van der Waals surface area (Å²) in [5, 5.41) is 13.0. The quantitative estimate of drug-likeness (QED) is 0.212. The van der Waals surface area contributed by atoms with Crippen LogP contribution in [0, 0.1) is 9.49 Å². The van der Waals surface area contributed by atoms with Crippen molar-refractivity contribution in [2.45, 2.75) is 19.4 Å². The Kier molecular flexibility index (Phi) is 9.57. The van der Waals surface area contributed by atoms with Gasteiger partial charge >= 0.3 is 12.1 Å². The lowest BCUT2D eigenvalue weighted by atomic mass is 9.94. The Hall–Kier alpha value is -1.46. The van der Waals surface area contributed by atoms with Crippen LogP contribution < -0.4 is 5.32 Å². The normalized spacial score (nSPS) is 12.7. The molecule has 1 amide bonds. The first kappa shape index (κ1) is 23.8. The second-order valence-electron chi connectivity index (χ2n) is 6.31. The van der Waals surface area contributed by atoms with Gasteiger partial charge in [0.05, 0.1) is 12.4 Å². The van der Waals surface area contributed by atoms with Crippen molar-refractivity contribution in [1.29, 1.82) is 0 Å². The van der Waals surface area contributed by atoms with Crippen molar-refractivity contribution >= 4 is 68.9 Å². The molecule has 0 radical (unpaired) electrons. The van der Waals surface area contributed by atoms with Crippen molar-refractivity contribution in [2.24, 2.45) is 5.92 Å². The fourth-order valence-electron chi connectivity index (χ4n) is 2.59. The number of esters is 1. The number of benzene rings is 2. The molecule has 0 fully saturated rings. The summed E-state index contributed by atoms with van der Waals surface area (Å²) in [5.41, 5.74) is 1.08. The molecule has 2 N–H and O–H groups in total. The smallest absolute Gasteiger partial charge is 0.412 e. The fourth-order valence-corrected chi connectivity index (χ4v) is 3.46. The molecule has 0 bridgehead atoms. The lowest BCUT2D eigenvalue weighted by Gasteiger charge is -2.25. The molecule has 0 aromatic heterocycles. The van der Waals surface area contributed by atoms with Crippen molar-refractivity contribution in [1.82, 2.24) is 0 Å². The van der Waals surface area contributed by atoms with Gasteiger partial charge < -0.3 is 14.6 Å². The fraction of sp³-hybridized carbons (Fsp3) is 0.300. The molecule has 0 heterocycles. The Labute approximate surface area is 197 Å². The van der Waals surface area contributed by atoms with Crippen LogP contribution in [0.5, 0.6) is 5.75 Å². The molecule has 29 heavy (non-hydrogen) atoms. The maximum absolute atomic E-state index is 12.5. The van der Waals surface area contributed by atoms with Gasteiger partial charge in [0.2, 0.25) is 0 Å². The number of anilines is 1. The Morgan fingerprint density at radius 1 is 1.24 bits per heavy atom. The molecule has 0 unspecified atom stereocenters. The molecule has 9 heteroatoms. The molecule has 0 aliphatic carbocycles. The summed E-state index contributed by atoms with van der Waals surface area (Å²) in [6.45, 7) is 2.03. The number of carbonyl (C=O) groups excluding carboxylic acids is 2. The predicted molar refractivity (Wildman–Crippen MR) is 126 cm³/mol. The van der Waals surface area contributed by atoms with Gasteiger partial charge in [-0.1, -0.05) is 22.9 Å². The van der Waals surface area contributed by atoms with Crippen LogP contribution >= 0.6 is 51.1 Å². The zero-order valence-corrected chi connectivity index (χ0v) is 20.2. The molecule has 0 saturated carbocycles. The van der Waals surface area contributed by atoms with Gasteiger partial charge in [-0.25, -0.2) is 4.79 Å². The van der Waals surface area contributed by atoms with Gasteiger partial charge in [0, 0.05) is 25.2 Å². The van der Waals surface area contributed by atoms with Gasteiger partial charge in [0.15, 0.2) is 0 Å². The van der Waals surface area contributed by atoms with Crippen LogP contribution in [-0.2, 0) is 14.3 Å². The standard InChI is InChI=1S/C20H21BrINO5S/c1-12(8-9-27-18(25)11-29)19(16-10-14(22)4-7-17(16)24)28-20(26)23-15-5-2-13(21)3-6-15/h2-7,10,12,19,24,29H,8-9,11H2,1H3,(H,23,26)/t12-,19-/m0/s1. The number of phenolic OH excluding ortho intramolecular Hbond substituents is 1. The van der Waals surface area contributed by atoms with Crippen LogP contribution in [0.25, 0.3) is 0 Å². The predicted octanol–water partition coefficient (Wildman–Crippen LogP) is 5.55. The number of halogens is 2. The summed E-state index contributed by atoms with van der Waals surface area (Å²) in [5.74, 6) is -0.599. The lowest BCUT2D eigenvalue weighted by Crippen LogP contribution is -2.23. The second kappa shape index (κ2) is 11.7. The van der Waals surface area contributed by atoms with E-state index in [0.29, 0.717) is 17.7 Å². The second-order valence-corrected chi connectivity index (χ2v) is 8.78. The maximum atomic E-state index is 12.5. The van der Waals surface area contributed by atoms with Gasteiger partial charge in [0.25, 0.3) is 0 Å². The highest BCUT2D eigenvalue weighted by molar-refractivity contribution is 14.1.